The van der Waals surface area contributed by atoms with E-state index in [4.69, 9.17) is 4.74 Å². The van der Waals surface area contributed by atoms with E-state index in [1.807, 2.05) is 7.11 Å². The molecule has 0 aliphatic heterocycles. The number of aliphatic hydroxyl groups is 1. The van der Waals surface area contributed by atoms with Gasteiger partial charge in [0.2, 0.25) is 0 Å². The van der Waals surface area contributed by atoms with E-state index in [9.17, 15) is 9.90 Å². The first-order valence-corrected chi connectivity index (χ1v) is 10.6. The van der Waals surface area contributed by atoms with Crippen LogP contribution in [0.15, 0.2) is 0 Å². The van der Waals surface area contributed by atoms with Crippen molar-refractivity contribution in [2.75, 3.05) is 7.11 Å². The van der Waals surface area contributed by atoms with Gasteiger partial charge < -0.3 is 9.84 Å². The molecule has 140 valence electrons. The van der Waals surface area contributed by atoms with Crippen molar-refractivity contribution in [3.05, 3.63) is 0 Å². The van der Waals surface area contributed by atoms with Crippen LogP contribution in [0.5, 0.6) is 0 Å². The average molecular weight is 347 g/mol. The maximum absolute atomic E-state index is 13.7. The van der Waals surface area contributed by atoms with Crippen molar-refractivity contribution in [2.45, 2.75) is 83.8 Å². The molecular weight excluding hydrogens is 312 g/mol. The lowest BCUT2D eigenvalue weighted by Crippen LogP contribution is -2.56. The first-order valence-electron chi connectivity index (χ1n) is 10.6. The molecule has 0 aromatic heterocycles. The van der Waals surface area contributed by atoms with Gasteiger partial charge in [0, 0.05) is 23.9 Å². The number of hydrogen-bond acceptors (Lipinski definition) is 3. The van der Waals surface area contributed by atoms with Crippen LogP contribution in [0.3, 0.4) is 0 Å². The van der Waals surface area contributed by atoms with E-state index in [0.717, 1.165) is 25.2 Å². The molecule has 0 heterocycles. The molecule has 5 aliphatic carbocycles. The largest absolute Gasteiger partial charge is 0.392 e. The van der Waals surface area contributed by atoms with Crippen LogP contribution in [-0.2, 0) is 9.53 Å². The maximum Gasteiger partial charge on any atom is 0.142 e. The standard InChI is InChI=1S/C22H34O3/c1-13-19(24)20(2,10-14-4-5-14)12-17(23)22-11-15(22)6-8-21(13)9-7-16(25-3)18(21)22/h13-18,23H,4-12H2,1-3H3/t13-,15-,16+,17+,18?,20+,21?,22-/m0/s1. The number of Topliss-reactive ketones (excluding diaryl/α,β-unsaturated/α-hetero) is 1. The topological polar surface area (TPSA) is 46.5 Å². The zero-order valence-electron chi connectivity index (χ0n) is 16.1. The molecule has 0 saturated heterocycles. The van der Waals surface area contributed by atoms with Crippen molar-refractivity contribution in [3.8, 4) is 0 Å². The number of methoxy groups -OCH3 is 1. The van der Waals surface area contributed by atoms with E-state index in [0.29, 0.717) is 24.0 Å². The number of carbonyl (C=O) groups excluding carboxylic acids is 1. The lowest BCUT2D eigenvalue weighted by Gasteiger charge is -2.54. The van der Waals surface area contributed by atoms with Gasteiger partial charge in [0.05, 0.1) is 12.2 Å². The zero-order chi connectivity index (χ0) is 17.6. The summed E-state index contributed by atoms with van der Waals surface area (Å²) in [4.78, 5) is 13.7. The van der Waals surface area contributed by atoms with Gasteiger partial charge in [-0.05, 0) is 68.1 Å². The quantitative estimate of drug-likeness (QED) is 0.841. The summed E-state index contributed by atoms with van der Waals surface area (Å²) in [5.41, 5.74) is -0.188. The molecule has 1 N–H and O–H groups in total. The summed E-state index contributed by atoms with van der Waals surface area (Å²) in [6.07, 6.45) is 9.89. The summed E-state index contributed by atoms with van der Waals surface area (Å²) in [6.45, 7) is 4.41. The molecule has 5 rings (SSSR count). The molecule has 0 amide bonds. The predicted octanol–water partition coefficient (Wildman–Crippen LogP) is 3.97. The fraction of sp³-hybridized carbons (Fsp3) is 0.955. The van der Waals surface area contributed by atoms with Crippen LogP contribution in [0.4, 0.5) is 0 Å². The van der Waals surface area contributed by atoms with Crippen molar-refractivity contribution in [1.82, 2.24) is 0 Å². The fourth-order valence-corrected chi connectivity index (χ4v) is 8.04. The van der Waals surface area contributed by atoms with Gasteiger partial charge in [-0.1, -0.05) is 26.7 Å². The summed E-state index contributed by atoms with van der Waals surface area (Å²) in [6, 6.07) is 0. The summed E-state index contributed by atoms with van der Waals surface area (Å²) in [5, 5.41) is 11.4. The SMILES string of the molecule is CO[C@@H]1CCC23CC[C@H]4C[C@@]4(C12)[C@H](O)C[C@@](C)(CC1CC1)C(=O)[C@@H]3C. The minimum atomic E-state index is -0.321. The van der Waals surface area contributed by atoms with Crippen LogP contribution in [-0.4, -0.2) is 30.2 Å². The van der Waals surface area contributed by atoms with Crippen LogP contribution >= 0.6 is 0 Å². The number of ketones is 1. The molecule has 0 aromatic carbocycles. The molecule has 0 aromatic rings. The first kappa shape index (κ1) is 16.7. The highest BCUT2D eigenvalue weighted by Gasteiger charge is 2.76. The van der Waals surface area contributed by atoms with E-state index >= 15 is 0 Å². The molecule has 1 spiro atoms. The monoisotopic (exact) mass is 346 g/mol. The van der Waals surface area contributed by atoms with E-state index in [1.165, 1.54) is 32.1 Å². The maximum atomic E-state index is 13.7. The minimum Gasteiger partial charge on any atom is -0.392 e. The summed E-state index contributed by atoms with van der Waals surface area (Å²) >= 11 is 0. The van der Waals surface area contributed by atoms with Crippen LogP contribution in [0, 0.1) is 39.9 Å². The number of aliphatic hydroxyl groups excluding tert-OH is 1. The van der Waals surface area contributed by atoms with E-state index in [2.05, 4.69) is 13.8 Å². The van der Waals surface area contributed by atoms with Gasteiger partial charge in [0.25, 0.3) is 0 Å². The molecule has 5 fully saturated rings. The molecule has 5 aliphatic rings. The van der Waals surface area contributed by atoms with Crippen LogP contribution < -0.4 is 0 Å². The molecule has 2 bridgehead atoms. The molecule has 3 nitrogen and oxygen atoms in total. The smallest absolute Gasteiger partial charge is 0.142 e. The zero-order valence-corrected chi connectivity index (χ0v) is 16.1. The van der Waals surface area contributed by atoms with Gasteiger partial charge in [-0.3, -0.25) is 4.79 Å². The van der Waals surface area contributed by atoms with Gasteiger partial charge in [-0.15, -0.1) is 0 Å². The number of rotatable bonds is 3. The molecule has 2 unspecified atom stereocenters. The Morgan fingerprint density at radius 1 is 1.16 bits per heavy atom. The van der Waals surface area contributed by atoms with Crippen LogP contribution in [0.1, 0.15) is 71.6 Å². The second kappa shape index (κ2) is 5.10. The van der Waals surface area contributed by atoms with Gasteiger partial charge in [-0.25, -0.2) is 0 Å². The van der Waals surface area contributed by atoms with E-state index in [1.54, 1.807) is 0 Å². The third-order valence-electron chi connectivity index (χ3n) is 9.48. The molecule has 25 heavy (non-hydrogen) atoms. The minimum absolute atomic E-state index is 0.0508. The third-order valence-corrected chi connectivity index (χ3v) is 9.48. The molecule has 8 atom stereocenters. The van der Waals surface area contributed by atoms with Crippen molar-refractivity contribution in [3.63, 3.8) is 0 Å². The van der Waals surface area contributed by atoms with Gasteiger partial charge >= 0.3 is 0 Å². The third kappa shape index (κ3) is 2.03. The van der Waals surface area contributed by atoms with Crippen molar-refractivity contribution in [1.29, 1.82) is 0 Å². The second-order valence-corrected chi connectivity index (χ2v) is 10.6. The normalized spacial score (nSPS) is 57.4. The Morgan fingerprint density at radius 2 is 1.88 bits per heavy atom. The summed E-state index contributed by atoms with van der Waals surface area (Å²) < 4.78 is 5.94. The van der Waals surface area contributed by atoms with Crippen LogP contribution in [0.2, 0.25) is 0 Å². The lowest BCUT2D eigenvalue weighted by molar-refractivity contribution is -0.161. The average Bonchev–Trinajstić information content (AvgIpc) is 3.50. The number of carbonyl (C=O) groups is 1. The van der Waals surface area contributed by atoms with Crippen molar-refractivity contribution < 1.29 is 14.6 Å². The van der Waals surface area contributed by atoms with E-state index in [-0.39, 0.29) is 34.4 Å². The van der Waals surface area contributed by atoms with Gasteiger partial charge in [0.15, 0.2) is 0 Å². The Kier molecular flexibility index (Phi) is 3.41. The van der Waals surface area contributed by atoms with Crippen molar-refractivity contribution >= 4 is 5.78 Å². The summed E-state index contributed by atoms with van der Waals surface area (Å²) in [5.74, 6) is 2.36. The Morgan fingerprint density at radius 3 is 2.56 bits per heavy atom. The Balaban J connectivity index is 1.60. The second-order valence-electron chi connectivity index (χ2n) is 10.6. The Bertz CT molecular complexity index is 598. The Hall–Kier alpha value is -0.410. The molecular formula is C22H34O3. The fourth-order valence-electron chi connectivity index (χ4n) is 8.04. The summed E-state index contributed by atoms with van der Waals surface area (Å²) in [7, 11) is 1.84. The Labute approximate surface area is 151 Å². The molecule has 5 saturated carbocycles. The van der Waals surface area contributed by atoms with Crippen molar-refractivity contribution in [2.24, 2.45) is 39.9 Å². The first-order chi connectivity index (χ1) is 11.9. The van der Waals surface area contributed by atoms with Gasteiger partial charge in [0.1, 0.15) is 5.78 Å². The van der Waals surface area contributed by atoms with E-state index < -0.39 is 0 Å². The highest BCUT2D eigenvalue weighted by molar-refractivity contribution is 5.87. The molecule has 3 heteroatoms. The highest BCUT2D eigenvalue weighted by Crippen LogP contribution is 2.77. The number of ether oxygens (including phenoxy) is 1. The lowest BCUT2D eigenvalue weighted by atomic mass is 9.50. The number of hydrogen-bond donors (Lipinski definition) is 1. The van der Waals surface area contributed by atoms with Crippen LogP contribution in [0.25, 0.3) is 0 Å². The predicted molar refractivity (Wildman–Crippen MR) is 96.0 cm³/mol. The molecule has 0 radical (unpaired) electrons. The highest BCUT2D eigenvalue weighted by atomic mass is 16.5. The van der Waals surface area contributed by atoms with Gasteiger partial charge in [-0.2, -0.15) is 0 Å².